The van der Waals surface area contributed by atoms with Crippen molar-refractivity contribution < 1.29 is 4.79 Å². The van der Waals surface area contributed by atoms with Crippen molar-refractivity contribution in [2.75, 3.05) is 0 Å². The Kier molecular flexibility index (Phi) is 1.77. The van der Waals surface area contributed by atoms with E-state index in [4.69, 9.17) is 0 Å². The molecule has 0 saturated heterocycles. The van der Waals surface area contributed by atoms with E-state index in [1.54, 1.807) is 6.92 Å². The zero-order chi connectivity index (χ0) is 9.26. The molecular weight excluding hydrogens is 164 g/mol. The smallest absolute Gasteiger partial charge is 0.152 e. The first-order chi connectivity index (χ1) is 6.33. The first-order valence-corrected chi connectivity index (χ1v) is 4.00. The highest BCUT2D eigenvalue weighted by molar-refractivity contribution is 5.96. The molecule has 0 fully saturated rings. The van der Waals surface area contributed by atoms with Gasteiger partial charge in [0.25, 0.3) is 0 Å². The van der Waals surface area contributed by atoms with Gasteiger partial charge in [0.2, 0.25) is 0 Å². The standard InChI is InChI=1S/C10H8N2O/c1-7-9(6-13)8-4-2-3-5-10(8)12-11-7/h2-6H,1H3. The first-order valence-electron chi connectivity index (χ1n) is 4.00. The molecule has 0 bridgehead atoms. The summed E-state index contributed by atoms with van der Waals surface area (Å²) in [6, 6.07) is 7.48. The van der Waals surface area contributed by atoms with Gasteiger partial charge in [0.05, 0.1) is 11.2 Å². The molecule has 0 aliphatic heterocycles. The molecule has 0 N–H and O–H groups in total. The van der Waals surface area contributed by atoms with Crippen molar-refractivity contribution in [2.24, 2.45) is 0 Å². The average Bonchev–Trinajstić information content (AvgIpc) is 2.18. The molecule has 1 aromatic heterocycles. The van der Waals surface area contributed by atoms with E-state index in [-0.39, 0.29) is 0 Å². The Labute approximate surface area is 75.4 Å². The topological polar surface area (TPSA) is 42.9 Å². The number of aryl methyl sites for hydroxylation is 1. The summed E-state index contributed by atoms with van der Waals surface area (Å²) in [5, 5.41) is 8.74. The zero-order valence-electron chi connectivity index (χ0n) is 7.19. The summed E-state index contributed by atoms with van der Waals surface area (Å²) in [6.07, 6.45) is 0.826. The minimum atomic E-state index is 0.630. The maximum absolute atomic E-state index is 10.8. The van der Waals surface area contributed by atoms with Crippen molar-refractivity contribution in [3.63, 3.8) is 0 Å². The van der Waals surface area contributed by atoms with Crippen LogP contribution in [-0.2, 0) is 0 Å². The lowest BCUT2D eigenvalue weighted by atomic mass is 10.1. The van der Waals surface area contributed by atoms with Crippen LogP contribution in [0.3, 0.4) is 0 Å². The lowest BCUT2D eigenvalue weighted by Crippen LogP contribution is -1.95. The highest BCUT2D eigenvalue weighted by Crippen LogP contribution is 2.15. The predicted molar refractivity (Wildman–Crippen MR) is 49.7 cm³/mol. The molecule has 0 amide bonds. The molecule has 0 radical (unpaired) electrons. The van der Waals surface area contributed by atoms with Gasteiger partial charge in [-0.25, -0.2) is 0 Å². The number of fused-ring (bicyclic) bond motifs is 1. The maximum atomic E-state index is 10.8. The molecule has 13 heavy (non-hydrogen) atoms. The third kappa shape index (κ3) is 1.18. The maximum Gasteiger partial charge on any atom is 0.152 e. The summed E-state index contributed by atoms with van der Waals surface area (Å²) in [6.45, 7) is 1.78. The van der Waals surface area contributed by atoms with E-state index in [1.165, 1.54) is 0 Å². The van der Waals surface area contributed by atoms with Crippen LogP contribution in [0.15, 0.2) is 24.3 Å². The quantitative estimate of drug-likeness (QED) is 0.615. The van der Waals surface area contributed by atoms with Gasteiger partial charge in [-0.15, -0.1) is 0 Å². The fourth-order valence-corrected chi connectivity index (χ4v) is 1.31. The second-order valence-electron chi connectivity index (χ2n) is 2.83. The number of carbonyl (C=O) groups is 1. The number of rotatable bonds is 1. The molecule has 0 aliphatic rings. The second-order valence-corrected chi connectivity index (χ2v) is 2.83. The Morgan fingerprint density at radius 1 is 1.23 bits per heavy atom. The average molecular weight is 172 g/mol. The molecule has 0 aliphatic carbocycles. The zero-order valence-corrected chi connectivity index (χ0v) is 7.19. The summed E-state index contributed by atoms with van der Waals surface area (Å²) >= 11 is 0. The molecule has 3 heteroatoms. The van der Waals surface area contributed by atoms with Crippen LogP contribution in [0.2, 0.25) is 0 Å². The monoisotopic (exact) mass is 172 g/mol. The highest BCUT2D eigenvalue weighted by atomic mass is 16.1. The van der Waals surface area contributed by atoms with Gasteiger partial charge in [0.15, 0.2) is 6.29 Å². The molecule has 3 nitrogen and oxygen atoms in total. The number of hydrogen-bond acceptors (Lipinski definition) is 3. The van der Waals surface area contributed by atoms with Crippen LogP contribution in [0.4, 0.5) is 0 Å². The number of aldehydes is 1. The van der Waals surface area contributed by atoms with Crippen molar-refractivity contribution in [3.05, 3.63) is 35.5 Å². The van der Waals surface area contributed by atoms with Gasteiger partial charge in [-0.3, -0.25) is 4.79 Å². The van der Waals surface area contributed by atoms with Crippen LogP contribution in [0.5, 0.6) is 0 Å². The van der Waals surface area contributed by atoms with Crippen LogP contribution in [-0.4, -0.2) is 16.5 Å². The lowest BCUT2D eigenvalue weighted by Gasteiger charge is -2.00. The Morgan fingerprint density at radius 3 is 2.77 bits per heavy atom. The van der Waals surface area contributed by atoms with Crippen LogP contribution in [0, 0.1) is 6.92 Å². The molecule has 2 rings (SSSR count). The summed E-state index contributed by atoms with van der Waals surface area (Å²) in [5.41, 5.74) is 2.06. The van der Waals surface area contributed by atoms with E-state index in [0.29, 0.717) is 11.3 Å². The number of hydrogen-bond donors (Lipinski definition) is 0. The van der Waals surface area contributed by atoms with Crippen molar-refractivity contribution in [2.45, 2.75) is 6.92 Å². The summed E-state index contributed by atoms with van der Waals surface area (Å²) in [5.74, 6) is 0. The van der Waals surface area contributed by atoms with E-state index in [2.05, 4.69) is 10.2 Å². The van der Waals surface area contributed by atoms with Gasteiger partial charge in [-0.05, 0) is 13.0 Å². The Hall–Kier alpha value is -1.77. The van der Waals surface area contributed by atoms with Gasteiger partial charge < -0.3 is 0 Å². The van der Waals surface area contributed by atoms with Gasteiger partial charge in [0.1, 0.15) is 0 Å². The number of nitrogens with zero attached hydrogens (tertiary/aromatic N) is 2. The van der Waals surface area contributed by atoms with Gasteiger partial charge in [-0.1, -0.05) is 18.2 Å². The number of aromatic nitrogens is 2. The molecular formula is C10H8N2O. The largest absolute Gasteiger partial charge is 0.298 e. The fourth-order valence-electron chi connectivity index (χ4n) is 1.31. The van der Waals surface area contributed by atoms with Gasteiger partial charge >= 0.3 is 0 Å². The van der Waals surface area contributed by atoms with Crippen molar-refractivity contribution in [1.82, 2.24) is 10.2 Å². The van der Waals surface area contributed by atoms with E-state index in [0.717, 1.165) is 17.2 Å². The highest BCUT2D eigenvalue weighted by Gasteiger charge is 2.04. The third-order valence-electron chi connectivity index (χ3n) is 2.01. The molecule has 64 valence electrons. The molecule has 1 aromatic carbocycles. The van der Waals surface area contributed by atoms with Crippen molar-refractivity contribution in [1.29, 1.82) is 0 Å². The Morgan fingerprint density at radius 2 is 2.00 bits per heavy atom. The van der Waals surface area contributed by atoms with Crippen LogP contribution in [0.1, 0.15) is 16.1 Å². The first kappa shape index (κ1) is 7.86. The van der Waals surface area contributed by atoms with E-state index < -0.39 is 0 Å². The molecule has 0 atom stereocenters. The van der Waals surface area contributed by atoms with E-state index in [9.17, 15) is 4.79 Å². The molecule has 2 aromatic rings. The summed E-state index contributed by atoms with van der Waals surface area (Å²) in [7, 11) is 0. The van der Waals surface area contributed by atoms with Gasteiger partial charge in [-0.2, -0.15) is 10.2 Å². The normalized spacial score (nSPS) is 10.2. The molecule has 0 spiro atoms. The number of carbonyl (C=O) groups excluding carboxylic acids is 1. The SMILES string of the molecule is Cc1nnc2ccccc2c1C=O. The number of benzene rings is 1. The Bertz CT molecular complexity index is 465. The van der Waals surface area contributed by atoms with Crippen molar-refractivity contribution >= 4 is 17.2 Å². The van der Waals surface area contributed by atoms with Gasteiger partial charge in [0, 0.05) is 10.9 Å². The van der Waals surface area contributed by atoms with E-state index >= 15 is 0 Å². The second kappa shape index (κ2) is 2.94. The minimum Gasteiger partial charge on any atom is -0.298 e. The minimum absolute atomic E-state index is 0.630. The predicted octanol–water partition coefficient (Wildman–Crippen LogP) is 1.75. The molecule has 0 unspecified atom stereocenters. The van der Waals surface area contributed by atoms with Crippen molar-refractivity contribution in [3.8, 4) is 0 Å². The summed E-state index contributed by atoms with van der Waals surface area (Å²) in [4.78, 5) is 10.8. The van der Waals surface area contributed by atoms with Crippen LogP contribution in [0.25, 0.3) is 10.9 Å². The van der Waals surface area contributed by atoms with Crippen LogP contribution < -0.4 is 0 Å². The Balaban J connectivity index is 2.91. The van der Waals surface area contributed by atoms with E-state index in [1.807, 2.05) is 24.3 Å². The van der Waals surface area contributed by atoms with Crippen LogP contribution >= 0.6 is 0 Å². The molecule has 0 saturated carbocycles. The lowest BCUT2D eigenvalue weighted by molar-refractivity contribution is 0.112. The summed E-state index contributed by atoms with van der Waals surface area (Å²) < 4.78 is 0. The molecule has 1 heterocycles. The third-order valence-corrected chi connectivity index (χ3v) is 2.01. The fraction of sp³-hybridized carbons (Fsp3) is 0.100.